The smallest absolute Gasteiger partial charge is 0.108 e. The van der Waals surface area contributed by atoms with Gasteiger partial charge < -0.3 is 5.32 Å². The number of nitrogens with one attached hydrogen (secondary N) is 1. The summed E-state index contributed by atoms with van der Waals surface area (Å²) in [6, 6.07) is 6.58. The van der Waals surface area contributed by atoms with Gasteiger partial charge in [-0.1, -0.05) is 18.2 Å². The van der Waals surface area contributed by atoms with Gasteiger partial charge in [-0.3, -0.25) is 0 Å². The predicted octanol–water partition coefficient (Wildman–Crippen LogP) is 3.06. The second kappa shape index (κ2) is 5.40. The fourth-order valence-corrected chi connectivity index (χ4v) is 3.33. The van der Waals surface area contributed by atoms with E-state index in [9.17, 15) is 4.39 Å². The molecule has 3 rings (SSSR count). The van der Waals surface area contributed by atoms with Crippen molar-refractivity contribution in [3.8, 4) is 0 Å². The highest BCUT2D eigenvalue weighted by molar-refractivity contribution is 5.35. The van der Waals surface area contributed by atoms with E-state index >= 15 is 0 Å². The fraction of sp³-hybridized carbons (Fsp3) is 0.625. The summed E-state index contributed by atoms with van der Waals surface area (Å²) in [6.45, 7) is 1.91. The van der Waals surface area contributed by atoms with Crippen molar-refractivity contribution in [1.29, 1.82) is 0 Å². The molecule has 0 bridgehead atoms. The Balaban J connectivity index is 1.64. The molecule has 2 aliphatic rings. The summed E-state index contributed by atoms with van der Waals surface area (Å²) in [6.07, 6.45) is 5.74. The van der Waals surface area contributed by atoms with Crippen LogP contribution in [0, 0.1) is 5.92 Å². The first-order valence-electron chi connectivity index (χ1n) is 7.28. The van der Waals surface area contributed by atoms with Crippen LogP contribution in [0.4, 0.5) is 4.39 Å². The van der Waals surface area contributed by atoms with Crippen molar-refractivity contribution in [3.05, 3.63) is 34.9 Å². The number of alkyl halides is 1. The molecule has 1 aliphatic carbocycles. The van der Waals surface area contributed by atoms with E-state index < -0.39 is 6.17 Å². The van der Waals surface area contributed by atoms with Crippen LogP contribution in [0.2, 0.25) is 0 Å². The lowest BCUT2D eigenvalue weighted by Crippen LogP contribution is -2.35. The van der Waals surface area contributed by atoms with E-state index in [1.54, 1.807) is 0 Å². The molecule has 0 radical (unpaired) electrons. The Hall–Kier alpha value is -0.890. The van der Waals surface area contributed by atoms with Crippen LogP contribution in [0.15, 0.2) is 18.2 Å². The average Bonchev–Trinajstić information content (AvgIpc) is 2.87. The van der Waals surface area contributed by atoms with Crippen molar-refractivity contribution in [2.24, 2.45) is 5.92 Å². The molecule has 1 N–H and O–H groups in total. The molecule has 1 aromatic rings. The lowest BCUT2D eigenvalue weighted by molar-refractivity contribution is 0.191. The molecule has 1 heterocycles. The maximum Gasteiger partial charge on any atom is 0.108 e. The van der Waals surface area contributed by atoms with Crippen LogP contribution in [0.3, 0.4) is 0 Å². The van der Waals surface area contributed by atoms with E-state index in [2.05, 4.69) is 23.5 Å². The molecule has 1 aromatic carbocycles. The highest BCUT2D eigenvalue weighted by Gasteiger charge is 2.23. The molecule has 1 nitrogen and oxygen atoms in total. The van der Waals surface area contributed by atoms with Crippen LogP contribution in [-0.2, 0) is 19.3 Å². The number of fused-ring (bicyclic) bond motifs is 1. The van der Waals surface area contributed by atoms with Crippen LogP contribution in [0.1, 0.15) is 36.0 Å². The van der Waals surface area contributed by atoms with Crippen LogP contribution in [0.5, 0.6) is 0 Å². The first-order chi connectivity index (χ1) is 8.83. The number of benzene rings is 1. The van der Waals surface area contributed by atoms with Gasteiger partial charge in [0.05, 0.1) is 0 Å². The molecule has 0 amide bonds. The van der Waals surface area contributed by atoms with Gasteiger partial charge in [0.15, 0.2) is 0 Å². The summed E-state index contributed by atoms with van der Waals surface area (Å²) >= 11 is 0. The Morgan fingerprint density at radius 3 is 2.94 bits per heavy atom. The minimum absolute atomic E-state index is 0.215. The van der Waals surface area contributed by atoms with Crippen molar-refractivity contribution in [1.82, 2.24) is 5.32 Å². The highest BCUT2D eigenvalue weighted by Crippen LogP contribution is 2.25. The lowest BCUT2D eigenvalue weighted by atomic mass is 9.90. The topological polar surface area (TPSA) is 12.0 Å². The van der Waals surface area contributed by atoms with E-state index in [0.717, 1.165) is 25.9 Å². The van der Waals surface area contributed by atoms with Crippen LogP contribution in [0.25, 0.3) is 0 Å². The molecule has 2 heteroatoms. The number of rotatable bonds is 3. The molecule has 0 aromatic heterocycles. The Morgan fingerprint density at radius 2 is 2.11 bits per heavy atom. The van der Waals surface area contributed by atoms with Gasteiger partial charge in [0.2, 0.25) is 0 Å². The third kappa shape index (κ3) is 2.59. The zero-order chi connectivity index (χ0) is 12.4. The van der Waals surface area contributed by atoms with Crippen molar-refractivity contribution < 1.29 is 4.39 Å². The molecule has 2 unspecified atom stereocenters. The summed E-state index contributed by atoms with van der Waals surface area (Å²) in [5.41, 5.74) is 4.13. The molecule has 0 spiro atoms. The first-order valence-corrected chi connectivity index (χ1v) is 7.28. The number of aryl methyl sites for hydroxylation is 2. The monoisotopic (exact) mass is 247 g/mol. The lowest BCUT2D eigenvalue weighted by Gasteiger charge is -2.26. The molecule has 0 saturated carbocycles. The molecule has 98 valence electrons. The van der Waals surface area contributed by atoms with Crippen LogP contribution in [-0.4, -0.2) is 19.3 Å². The number of hydrogen-bond donors (Lipinski definition) is 1. The van der Waals surface area contributed by atoms with Crippen molar-refractivity contribution in [2.45, 2.75) is 44.7 Å². The van der Waals surface area contributed by atoms with Gasteiger partial charge in [0.1, 0.15) is 6.17 Å². The van der Waals surface area contributed by atoms with Gasteiger partial charge in [0, 0.05) is 18.9 Å². The minimum Gasteiger partial charge on any atom is -0.316 e. The van der Waals surface area contributed by atoms with Crippen molar-refractivity contribution in [2.75, 3.05) is 13.1 Å². The van der Waals surface area contributed by atoms with E-state index in [1.807, 2.05) is 0 Å². The summed E-state index contributed by atoms with van der Waals surface area (Å²) < 4.78 is 14.3. The number of piperidine rings is 1. The molecular formula is C16H22FN. The molecule has 18 heavy (non-hydrogen) atoms. The zero-order valence-electron chi connectivity index (χ0n) is 10.9. The molecule has 1 saturated heterocycles. The van der Waals surface area contributed by atoms with Gasteiger partial charge in [0.25, 0.3) is 0 Å². The van der Waals surface area contributed by atoms with Gasteiger partial charge >= 0.3 is 0 Å². The SMILES string of the molecule is FC(Cc1ccc2c(c1)CCC2)C1CCCNC1. The zero-order valence-corrected chi connectivity index (χ0v) is 10.9. The summed E-state index contributed by atoms with van der Waals surface area (Å²) in [5.74, 6) is 0.215. The third-order valence-electron chi connectivity index (χ3n) is 4.44. The maximum absolute atomic E-state index is 14.3. The second-order valence-corrected chi connectivity index (χ2v) is 5.78. The highest BCUT2D eigenvalue weighted by atomic mass is 19.1. The Labute approximate surface area is 109 Å². The van der Waals surface area contributed by atoms with E-state index in [4.69, 9.17) is 0 Å². The predicted molar refractivity (Wildman–Crippen MR) is 72.7 cm³/mol. The third-order valence-corrected chi connectivity index (χ3v) is 4.44. The van der Waals surface area contributed by atoms with Gasteiger partial charge in [-0.25, -0.2) is 4.39 Å². The summed E-state index contributed by atoms with van der Waals surface area (Å²) in [7, 11) is 0. The summed E-state index contributed by atoms with van der Waals surface area (Å²) in [4.78, 5) is 0. The minimum atomic E-state index is -0.683. The first kappa shape index (κ1) is 12.2. The van der Waals surface area contributed by atoms with E-state index in [1.165, 1.54) is 36.0 Å². The van der Waals surface area contributed by atoms with Gasteiger partial charge in [-0.2, -0.15) is 0 Å². The molecule has 2 atom stereocenters. The summed E-state index contributed by atoms with van der Waals surface area (Å²) in [5, 5.41) is 3.30. The Kier molecular flexibility index (Phi) is 3.64. The van der Waals surface area contributed by atoms with Crippen molar-refractivity contribution >= 4 is 0 Å². The van der Waals surface area contributed by atoms with E-state index in [-0.39, 0.29) is 5.92 Å². The largest absolute Gasteiger partial charge is 0.316 e. The van der Waals surface area contributed by atoms with Crippen LogP contribution < -0.4 is 5.32 Å². The molecule has 1 fully saturated rings. The standard InChI is InChI=1S/C16H22FN/c17-16(15-5-2-8-18-11-15)10-12-6-7-13-3-1-4-14(13)9-12/h6-7,9,15-16,18H,1-5,8,10-11H2. The number of hydrogen-bond acceptors (Lipinski definition) is 1. The average molecular weight is 247 g/mol. The number of halogens is 1. The Bertz CT molecular complexity index is 410. The normalized spacial score (nSPS) is 24.8. The molecular weight excluding hydrogens is 225 g/mol. The van der Waals surface area contributed by atoms with Gasteiger partial charge in [-0.15, -0.1) is 0 Å². The van der Waals surface area contributed by atoms with E-state index in [0.29, 0.717) is 6.42 Å². The fourth-order valence-electron chi connectivity index (χ4n) is 3.33. The second-order valence-electron chi connectivity index (χ2n) is 5.78. The molecule has 1 aliphatic heterocycles. The van der Waals surface area contributed by atoms with Crippen molar-refractivity contribution in [3.63, 3.8) is 0 Å². The Morgan fingerprint density at radius 1 is 1.22 bits per heavy atom. The maximum atomic E-state index is 14.3. The quantitative estimate of drug-likeness (QED) is 0.865. The van der Waals surface area contributed by atoms with Crippen LogP contribution >= 0.6 is 0 Å². The van der Waals surface area contributed by atoms with Gasteiger partial charge in [-0.05, 0) is 55.3 Å².